The zero-order valence-electron chi connectivity index (χ0n) is 18.6. The van der Waals surface area contributed by atoms with E-state index >= 15 is 0 Å². The van der Waals surface area contributed by atoms with Crippen LogP contribution in [-0.2, 0) is 28.8 Å². The van der Waals surface area contributed by atoms with Gasteiger partial charge in [-0.1, -0.05) is 28.3 Å². The lowest BCUT2D eigenvalue weighted by Gasteiger charge is -2.53. The number of fused-ring (bicyclic) bond motifs is 1. The first-order valence-corrected chi connectivity index (χ1v) is 14.3. The highest BCUT2D eigenvalue weighted by Crippen LogP contribution is 2.44. The molecule has 0 spiro atoms. The van der Waals surface area contributed by atoms with E-state index in [1.807, 2.05) is 0 Å². The number of carboxylic acids is 1. The van der Waals surface area contributed by atoms with Gasteiger partial charge in [-0.15, -0.1) is 22.0 Å². The molecule has 196 valence electrons. The van der Waals surface area contributed by atoms with Crippen LogP contribution in [0.25, 0.3) is 0 Å². The van der Waals surface area contributed by atoms with Crippen LogP contribution in [0, 0.1) is 5.41 Å². The summed E-state index contributed by atoms with van der Waals surface area (Å²) in [6, 6.07) is -0.919. The Morgan fingerprint density at radius 1 is 1.43 bits per heavy atom. The van der Waals surface area contributed by atoms with Crippen molar-refractivity contribution in [3.63, 3.8) is 0 Å². The number of nitrogens with two attached hydrogens (primary N) is 1. The molecule has 0 bridgehead atoms. The molecule has 0 radical (unpaired) electrons. The predicted octanol–water partition coefficient (Wildman–Crippen LogP) is -0.729. The van der Waals surface area contributed by atoms with Crippen molar-refractivity contribution in [3.05, 3.63) is 11.3 Å². The normalized spacial score (nSPS) is 27.3. The Morgan fingerprint density at radius 3 is 2.92 bits per heavy atom. The first kappa shape index (κ1) is 25.6. The first-order valence-electron chi connectivity index (χ1n) is 10.6. The third kappa shape index (κ3) is 5.07. The molecule has 2 aromatic rings. The fourth-order valence-corrected chi connectivity index (χ4v) is 7.53. The van der Waals surface area contributed by atoms with Gasteiger partial charge in [0.15, 0.2) is 9.47 Å². The fourth-order valence-electron chi connectivity index (χ4n) is 3.75. The van der Waals surface area contributed by atoms with Crippen molar-refractivity contribution in [2.24, 2.45) is 10.6 Å². The molecule has 15 nitrogen and oxygen atoms in total. The van der Waals surface area contributed by atoms with E-state index in [0.717, 1.165) is 11.5 Å². The second-order valence-corrected chi connectivity index (χ2v) is 12.1. The van der Waals surface area contributed by atoms with Crippen molar-refractivity contribution >= 4 is 81.0 Å². The lowest BCUT2D eigenvalue weighted by atomic mass is 9.89. The van der Waals surface area contributed by atoms with E-state index in [2.05, 4.69) is 30.0 Å². The van der Waals surface area contributed by atoms with E-state index in [1.54, 1.807) is 5.51 Å². The summed E-state index contributed by atoms with van der Waals surface area (Å²) in [5, 5.41) is 23.6. The van der Waals surface area contributed by atoms with Gasteiger partial charge in [-0.25, -0.2) is 4.79 Å². The molecule has 3 fully saturated rings. The maximum absolute atomic E-state index is 13.1. The molecule has 37 heavy (non-hydrogen) atoms. The van der Waals surface area contributed by atoms with Crippen LogP contribution in [0.2, 0.25) is 0 Å². The largest absolute Gasteiger partial charge is 0.481 e. The van der Waals surface area contributed by atoms with Crippen molar-refractivity contribution < 1.29 is 33.9 Å². The highest BCUT2D eigenvalue weighted by Gasteiger charge is 2.57. The summed E-state index contributed by atoms with van der Waals surface area (Å²) in [6.07, 6.45) is -0.711. The van der Waals surface area contributed by atoms with Crippen molar-refractivity contribution in [1.29, 1.82) is 0 Å². The number of oxime groups is 1. The molecular weight excluding hydrogens is 569 g/mol. The number of esters is 1. The standard InChI is InChI=1S/C18H18N8O7S4/c19-16-22-10(25-37-16)8(24-33-7-1-2-32-14(7)29)11(27)21-9-12(28)26-3-18(15(30)31,4-34-13(9)26)5-35-17-23-20-6-36-17/h6-7,9,13H,1-5H2,(H,21,27)(H,30,31)(H2,19,22,25)/t7?,9?,13-,18?/m1/s1. The zero-order valence-corrected chi connectivity index (χ0v) is 21.9. The Bertz CT molecular complexity index is 1260. The number of aromatic nitrogens is 4. The molecule has 5 rings (SSSR count). The van der Waals surface area contributed by atoms with E-state index in [4.69, 9.17) is 15.3 Å². The third-order valence-electron chi connectivity index (χ3n) is 5.72. The summed E-state index contributed by atoms with van der Waals surface area (Å²) < 4.78 is 9.44. The van der Waals surface area contributed by atoms with Gasteiger partial charge in [0.2, 0.25) is 23.5 Å². The zero-order chi connectivity index (χ0) is 26.2. The van der Waals surface area contributed by atoms with E-state index < -0.39 is 46.7 Å². The quantitative estimate of drug-likeness (QED) is 0.109. The molecule has 19 heteroatoms. The number of carboxylic acid groups (broad SMARTS) is 1. The number of hydrogen-bond acceptors (Lipinski definition) is 16. The highest BCUT2D eigenvalue weighted by atomic mass is 32.2. The van der Waals surface area contributed by atoms with Crippen LogP contribution in [0.15, 0.2) is 15.0 Å². The number of aliphatic carboxylic acids is 1. The second kappa shape index (κ2) is 10.4. The Hall–Kier alpha value is -3.03. The molecular formula is C18H18N8O7S4. The molecule has 4 N–H and O–H groups in total. The van der Waals surface area contributed by atoms with Crippen molar-refractivity contribution in [2.75, 3.05) is 30.4 Å². The summed E-state index contributed by atoms with van der Waals surface area (Å²) in [5.41, 5.74) is 5.66. The molecule has 3 aliphatic rings. The molecule has 3 saturated heterocycles. The van der Waals surface area contributed by atoms with Gasteiger partial charge in [0.05, 0.1) is 6.61 Å². The predicted molar refractivity (Wildman–Crippen MR) is 132 cm³/mol. The van der Waals surface area contributed by atoms with Gasteiger partial charge in [0, 0.05) is 36.0 Å². The van der Waals surface area contributed by atoms with Crippen LogP contribution in [0.4, 0.5) is 5.13 Å². The van der Waals surface area contributed by atoms with Gasteiger partial charge >= 0.3 is 11.9 Å². The average Bonchev–Trinajstić information content (AvgIpc) is 3.64. The molecule has 3 aliphatic heterocycles. The number of amides is 2. The number of hydrogen-bond donors (Lipinski definition) is 3. The minimum Gasteiger partial charge on any atom is -0.481 e. The van der Waals surface area contributed by atoms with Crippen molar-refractivity contribution in [1.82, 2.24) is 29.8 Å². The molecule has 0 aliphatic carbocycles. The number of carbonyl (C=O) groups is 4. The number of thioether (sulfide) groups is 2. The monoisotopic (exact) mass is 586 g/mol. The Balaban J connectivity index is 1.26. The summed E-state index contributed by atoms with van der Waals surface area (Å²) in [5.74, 6) is -2.53. The van der Waals surface area contributed by atoms with Gasteiger partial charge in [0.25, 0.3) is 5.91 Å². The van der Waals surface area contributed by atoms with Crippen LogP contribution in [0.5, 0.6) is 0 Å². The highest BCUT2D eigenvalue weighted by molar-refractivity contribution is 8.01. The number of anilines is 1. The summed E-state index contributed by atoms with van der Waals surface area (Å²) in [4.78, 5) is 60.5. The minimum absolute atomic E-state index is 0.00493. The van der Waals surface area contributed by atoms with Crippen LogP contribution < -0.4 is 11.1 Å². The number of β-lactam (4-membered cyclic amide) rings is 1. The van der Waals surface area contributed by atoms with Crippen LogP contribution >= 0.6 is 46.4 Å². The summed E-state index contributed by atoms with van der Waals surface area (Å²) in [6.45, 7) is 0.167. The van der Waals surface area contributed by atoms with Crippen LogP contribution in [0.3, 0.4) is 0 Å². The Kier molecular flexibility index (Phi) is 7.19. The summed E-state index contributed by atoms with van der Waals surface area (Å²) >= 11 is 4.69. The van der Waals surface area contributed by atoms with E-state index in [-0.39, 0.29) is 47.7 Å². The molecule has 3 unspecified atom stereocenters. The van der Waals surface area contributed by atoms with E-state index in [9.17, 15) is 24.3 Å². The second-order valence-electron chi connectivity index (χ2n) is 8.14. The smallest absolute Gasteiger partial charge is 0.350 e. The number of ether oxygens (including phenoxy) is 1. The molecule has 0 saturated carbocycles. The number of carbonyl (C=O) groups excluding carboxylic acids is 3. The van der Waals surface area contributed by atoms with Gasteiger partial charge in [-0.3, -0.25) is 14.4 Å². The van der Waals surface area contributed by atoms with Crippen LogP contribution in [0.1, 0.15) is 12.2 Å². The maximum atomic E-state index is 13.1. The number of cyclic esters (lactones) is 1. The molecule has 4 atom stereocenters. The van der Waals surface area contributed by atoms with E-state index in [0.29, 0.717) is 4.34 Å². The van der Waals surface area contributed by atoms with Crippen LogP contribution in [-0.4, -0.2) is 101 Å². The number of nitrogen functional groups attached to an aromatic ring is 1. The first-order chi connectivity index (χ1) is 17.8. The van der Waals surface area contributed by atoms with Crippen molar-refractivity contribution in [3.8, 4) is 0 Å². The fraction of sp³-hybridized carbons (Fsp3) is 0.500. The Morgan fingerprint density at radius 2 is 2.27 bits per heavy atom. The van der Waals surface area contributed by atoms with Gasteiger partial charge in [0.1, 0.15) is 22.3 Å². The van der Waals surface area contributed by atoms with Crippen molar-refractivity contribution in [2.45, 2.75) is 28.3 Å². The molecule has 2 aromatic heterocycles. The topological polar surface area (TPSA) is 212 Å². The molecule has 5 heterocycles. The lowest BCUT2D eigenvalue weighted by molar-refractivity contribution is -0.157. The lowest BCUT2D eigenvalue weighted by Crippen LogP contribution is -2.74. The minimum atomic E-state index is -1.18. The Labute approximate surface area is 224 Å². The maximum Gasteiger partial charge on any atom is 0.350 e. The van der Waals surface area contributed by atoms with Gasteiger partial charge in [-0.2, -0.15) is 9.36 Å². The number of nitrogens with zero attached hydrogens (tertiary/aromatic N) is 6. The van der Waals surface area contributed by atoms with Gasteiger partial charge < -0.3 is 30.6 Å². The molecule has 0 aromatic carbocycles. The number of nitrogens with one attached hydrogen (secondary N) is 1. The number of rotatable bonds is 9. The molecule has 2 amide bonds. The SMILES string of the molecule is Nc1nc(C(=NOC2CCOC2=O)C(=O)NC2C(=O)N3CC(CSc4nncs4)(C(=O)O)CS[C@H]23)ns1. The van der Waals surface area contributed by atoms with Gasteiger partial charge in [-0.05, 0) is 0 Å². The third-order valence-corrected chi connectivity index (χ3v) is 10.0. The average molecular weight is 587 g/mol. The summed E-state index contributed by atoms with van der Waals surface area (Å²) in [7, 11) is 0. The van der Waals surface area contributed by atoms with E-state index in [1.165, 1.54) is 39.8 Å².